The fourth-order valence-electron chi connectivity index (χ4n) is 9.80. The average molecular weight is 983 g/mol. The first-order valence-corrected chi connectivity index (χ1v) is 31.4. The Morgan fingerprint density at radius 1 is 0.357 bits per heavy atom. The van der Waals surface area contributed by atoms with Crippen LogP contribution in [0.5, 0.6) is 0 Å². The predicted octanol–water partition coefficient (Wildman–Crippen LogP) is 20.0. The molecular weight excluding hydrogens is 859 g/mol. The first kappa shape index (κ1) is 68.3. The summed E-state index contributed by atoms with van der Waals surface area (Å²) < 4.78 is 0. The van der Waals surface area contributed by atoms with Crippen molar-refractivity contribution in [2.75, 3.05) is 6.61 Å². The largest absolute Gasteiger partial charge is 0.394 e. The molecule has 5 nitrogen and oxygen atoms in total. The van der Waals surface area contributed by atoms with Crippen LogP contribution in [0.1, 0.15) is 335 Å². The number of aliphatic hydroxyl groups is 3. The molecular formula is C65H123NO4. The molecule has 0 aliphatic carbocycles. The van der Waals surface area contributed by atoms with Crippen LogP contribution in [-0.2, 0) is 4.79 Å². The Balaban J connectivity index is 3.52. The van der Waals surface area contributed by atoms with Gasteiger partial charge in [0.25, 0.3) is 0 Å². The number of hydrogen-bond acceptors (Lipinski definition) is 4. The zero-order valence-corrected chi connectivity index (χ0v) is 47.2. The fraction of sp³-hybridized carbons (Fsp3) is 0.862. The van der Waals surface area contributed by atoms with Crippen molar-refractivity contribution in [3.8, 4) is 0 Å². The van der Waals surface area contributed by atoms with Gasteiger partial charge in [0, 0.05) is 6.42 Å². The summed E-state index contributed by atoms with van der Waals surface area (Å²) >= 11 is 0. The molecule has 0 aliphatic rings. The van der Waals surface area contributed by atoms with Crippen LogP contribution < -0.4 is 5.32 Å². The van der Waals surface area contributed by atoms with Crippen molar-refractivity contribution >= 4 is 5.91 Å². The summed E-state index contributed by atoms with van der Waals surface area (Å²) in [5.74, 6) is -0.155. The zero-order chi connectivity index (χ0) is 50.7. The predicted molar refractivity (Wildman–Crippen MR) is 310 cm³/mol. The first-order chi connectivity index (χ1) is 34.6. The topological polar surface area (TPSA) is 89.8 Å². The molecule has 0 radical (unpaired) electrons. The Labute approximate surface area is 437 Å². The summed E-state index contributed by atoms with van der Waals surface area (Å²) in [7, 11) is 0. The van der Waals surface area contributed by atoms with Crippen LogP contribution in [-0.4, -0.2) is 46.1 Å². The minimum atomic E-state index is -1.17. The molecule has 0 rings (SSSR count). The number of unbranched alkanes of at least 4 members (excludes halogenated alkanes) is 42. The molecule has 0 saturated heterocycles. The lowest BCUT2D eigenvalue weighted by molar-refractivity contribution is -0.124. The molecule has 0 aromatic carbocycles. The van der Waals surface area contributed by atoms with E-state index in [2.05, 4.69) is 67.8 Å². The van der Waals surface area contributed by atoms with Crippen molar-refractivity contribution in [2.24, 2.45) is 0 Å². The van der Waals surface area contributed by atoms with Crippen LogP contribution >= 0.6 is 0 Å². The molecule has 0 aromatic rings. The van der Waals surface area contributed by atoms with Crippen molar-refractivity contribution in [1.82, 2.24) is 5.32 Å². The number of allylic oxidation sites excluding steroid dienone is 8. The third-order valence-electron chi connectivity index (χ3n) is 14.6. The van der Waals surface area contributed by atoms with Crippen LogP contribution in [0.2, 0.25) is 0 Å². The van der Waals surface area contributed by atoms with Gasteiger partial charge < -0.3 is 20.6 Å². The molecule has 3 atom stereocenters. The highest BCUT2D eigenvalue weighted by Gasteiger charge is 2.26. The highest BCUT2D eigenvalue weighted by Crippen LogP contribution is 2.17. The second kappa shape index (κ2) is 59.9. The van der Waals surface area contributed by atoms with Gasteiger partial charge in [-0.15, -0.1) is 0 Å². The van der Waals surface area contributed by atoms with E-state index in [1.54, 1.807) is 0 Å². The minimum absolute atomic E-state index is 0.155. The average Bonchev–Trinajstić information content (AvgIpc) is 3.36. The van der Waals surface area contributed by atoms with Gasteiger partial charge in [-0.25, -0.2) is 0 Å². The number of amides is 1. The molecule has 0 spiro atoms. The number of carbonyl (C=O) groups excluding carboxylic acids is 1. The molecule has 0 aromatic heterocycles. The third kappa shape index (κ3) is 54.1. The van der Waals surface area contributed by atoms with Gasteiger partial charge in [0.2, 0.25) is 5.91 Å². The summed E-state index contributed by atoms with van der Waals surface area (Å²) in [4.78, 5) is 12.5. The molecule has 0 fully saturated rings. The maximum atomic E-state index is 12.5. The lowest BCUT2D eigenvalue weighted by Crippen LogP contribution is -2.50. The lowest BCUT2D eigenvalue weighted by Gasteiger charge is -2.26. The van der Waals surface area contributed by atoms with E-state index in [0.29, 0.717) is 12.8 Å². The van der Waals surface area contributed by atoms with Gasteiger partial charge in [-0.1, -0.05) is 294 Å². The lowest BCUT2D eigenvalue weighted by atomic mass is 10.0. The summed E-state index contributed by atoms with van der Waals surface area (Å²) in [6, 6.07) is -0.834. The highest BCUT2D eigenvalue weighted by atomic mass is 16.3. The van der Waals surface area contributed by atoms with E-state index in [1.165, 1.54) is 257 Å². The first-order valence-electron chi connectivity index (χ1n) is 31.4. The van der Waals surface area contributed by atoms with Gasteiger partial charge in [0.05, 0.1) is 18.8 Å². The van der Waals surface area contributed by atoms with Crippen LogP contribution in [0.4, 0.5) is 0 Å². The molecule has 5 heteroatoms. The Bertz CT molecular complexity index is 1130. The quantitative estimate of drug-likeness (QED) is 0.0361. The van der Waals surface area contributed by atoms with Crippen molar-refractivity contribution in [3.05, 3.63) is 48.6 Å². The van der Waals surface area contributed by atoms with Gasteiger partial charge in [0.15, 0.2) is 0 Å². The minimum Gasteiger partial charge on any atom is -0.394 e. The smallest absolute Gasteiger partial charge is 0.220 e. The molecule has 0 aliphatic heterocycles. The highest BCUT2D eigenvalue weighted by molar-refractivity contribution is 5.76. The zero-order valence-electron chi connectivity index (χ0n) is 47.2. The Morgan fingerprint density at radius 2 is 0.629 bits per heavy atom. The summed E-state index contributed by atoms with van der Waals surface area (Å²) in [6.07, 6.45) is 80.2. The monoisotopic (exact) mass is 982 g/mol. The molecule has 0 bridgehead atoms. The Hall–Kier alpha value is -1.69. The molecule has 4 N–H and O–H groups in total. The van der Waals surface area contributed by atoms with Gasteiger partial charge in [-0.05, 0) is 83.5 Å². The fourth-order valence-corrected chi connectivity index (χ4v) is 9.80. The SMILES string of the molecule is CCCCCCCCCCCC/C=C/CC/C=C/CCCC(O)C(O)C(CO)NC(=O)CCCCCCCCCCCCCCCCCCC/C=C\C/C=C\CCCCCCCCCCCCCCC. The van der Waals surface area contributed by atoms with Crippen LogP contribution in [0.15, 0.2) is 48.6 Å². The van der Waals surface area contributed by atoms with E-state index in [0.717, 1.165) is 51.4 Å². The van der Waals surface area contributed by atoms with Crippen LogP contribution in [0.3, 0.4) is 0 Å². The van der Waals surface area contributed by atoms with Crippen LogP contribution in [0.25, 0.3) is 0 Å². The summed E-state index contributed by atoms with van der Waals surface area (Å²) in [5, 5.41) is 33.8. The number of nitrogens with one attached hydrogen (secondary N) is 1. The van der Waals surface area contributed by atoms with Gasteiger partial charge >= 0.3 is 0 Å². The van der Waals surface area contributed by atoms with Crippen molar-refractivity contribution in [3.63, 3.8) is 0 Å². The molecule has 412 valence electrons. The van der Waals surface area contributed by atoms with E-state index < -0.39 is 18.2 Å². The van der Waals surface area contributed by atoms with Gasteiger partial charge in [-0.3, -0.25) is 4.79 Å². The van der Waals surface area contributed by atoms with Crippen LogP contribution in [0, 0.1) is 0 Å². The number of carbonyl (C=O) groups is 1. The van der Waals surface area contributed by atoms with Gasteiger partial charge in [0.1, 0.15) is 6.10 Å². The van der Waals surface area contributed by atoms with E-state index >= 15 is 0 Å². The standard InChI is InChI=1S/C65H123NO4/c1-3-5-7-9-11-13-15-17-19-21-23-24-25-26-27-28-29-30-31-32-33-34-35-36-37-38-39-40-42-44-46-48-50-52-54-56-58-60-64(69)66-62(61-67)65(70)63(68)59-57-55-53-51-49-47-45-43-41-22-20-18-16-14-12-10-8-6-4-2/h27-28,30-31,43,45,51,53,62-63,65,67-68,70H,3-26,29,32-42,44,46-50,52,54-61H2,1-2H3,(H,66,69)/b28-27-,31-30-,45-43+,53-51+. The number of hydrogen-bond donors (Lipinski definition) is 4. The molecule has 3 unspecified atom stereocenters. The molecule has 1 amide bonds. The normalized spacial score (nSPS) is 13.5. The maximum absolute atomic E-state index is 12.5. The summed E-state index contributed by atoms with van der Waals surface area (Å²) in [6.45, 7) is 4.19. The number of rotatable bonds is 58. The second-order valence-corrected chi connectivity index (χ2v) is 21.6. The van der Waals surface area contributed by atoms with E-state index in [9.17, 15) is 20.1 Å². The van der Waals surface area contributed by atoms with Crippen molar-refractivity contribution in [1.29, 1.82) is 0 Å². The Kier molecular flexibility index (Phi) is 58.4. The van der Waals surface area contributed by atoms with E-state index in [1.807, 2.05) is 0 Å². The van der Waals surface area contributed by atoms with Crippen molar-refractivity contribution in [2.45, 2.75) is 353 Å². The van der Waals surface area contributed by atoms with E-state index in [4.69, 9.17) is 0 Å². The maximum Gasteiger partial charge on any atom is 0.220 e. The molecule has 0 heterocycles. The summed E-state index contributed by atoms with van der Waals surface area (Å²) in [5.41, 5.74) is 0. The van der Waals surface area contributed by atoms with Crippen molar-refractivity contribution < 1.29 is 20.1 Å². The van der Waals surface area contributed by atoms with Gasteiger partial charge in [-0.2, -0.15) is 0 Å². The Morgan fingerprint density at radius 3 is 0.957 bits per heavy atom. The van der Waals surface area contributed by atoms with E-state index in [-0.39, 0.29) is 12.5 Å². The molecule has 70 heavy (non-hydrogen) atoms. The molecule has 0 saturated carbocycles. The second-order valence-electron chi connectivity index (χ2n) is 21.6. The third-order valence-corrected chi connectivity index (χ3v) is 14.6. The number of aliphatic hydroxyl groups excluding tert-OH is 3.